The van der Waals surface area contributed by atoms with E-state index in [1.807, 2.05) is 87.6 Å². The first-order valence-corrected chi connectivity index (χ1v) is 15.0. The Balaban J connectivity index is 1.61. The highest BCUT2D eigenvalue weighted by atomic mass is 16.5. The Hall–Kier alpha value is -3.64. The van der Waals surface area contributed by atoms with Crippen LogP contribution >= 0.6 is 0 Å². The monoisotopic (exact) mass is 605 g/mol. The van der Waals surface area contributed by atoms with Gasteiger partial charge in [-0.25, -0.2) is 0 Å². The van der Waals surface area contributed by atoms with E-state index in [0.29, 0.717) is 13.2 Å². The topological polar surface area (TPSA) is 144 Å². The number of β-amino-alcohol motifs (C(OH)–C–C–N with tert-alkyl or cyclic N) is 1. The first kappa shape index (κ1) is 34.8. The van der Waals surface area contributed by atoms with Gasteiger partial charge in [0, 0.05) is 38.3 Å². The Morgan fingerprint density at radius 2 is 1.61 bits per heavy atom. The lowest BCUT2D eigenvalue weighted by Gasteiger charge is -2.28. The van der Waals surface area contributed by atoms with E-state index in [-0.39, 0.29) is 38.0 Å². The molecular formula is C34H47N5O5. The molecule has 0 fully saturated rings. The van der Waals surface area contributed by atoms with Crippen molar-refractivity contribution in [2.24, 2.45) is 0 Å². The number of carbonyl (C=O) groups excluding carboxylic acids is 2. The molecule has 3 aromatic rings. The van der Waals surface area contributed by atoms with Gasteiger partial charge in [0.1, 0.15) is 6.04 Å². The maximum Gasteiger partial charge on any atom is 0.245 e. The van der Waals surface area contributed by atoms with E-state index < -0.39 is 17.7 Å². The third-order valence-electron chi connectivity index (χ3n) is 7.04. The zero-order chi connectivity index (χ0) is 31.8. The molecule has 10 heteroatoms. The zero-order valence-electron chi connectivity index (χ0n) is 25.9. The molecule has 44 heavy (non-hydrogen) atoms. The van der Waals surface area contributed by atoms with E-state index in [1.54, 1.807) is 0 Å². The Bertz CT molecular complexity index is 1290. The summed E-state index contributed by atoms with van der Waals surface area (Å²) in [5, 5.41) is 34.0. The van der Waals surface area contributed by atoms with Crippen LogP contribution in [0.5, 0.6) is 0 Å². The van der Waals surface area contributed by atoms with Gasteiger partial charge in [0.2, 0.25) is 11.8 Å². The number of aliphatic hydroxyl groups excluding tert-OH is 2. The van der Waals surface area contributed by atoms with Crippen molar-refractivity contribution in [1.82, 2.24) is 26.6 Å². The summed E-state index contributed by atoms with van der Waals surface area (Å²) in [6.45, 7) is 5.46. The molecule has 0 heterocycles. The van der Waals surface area contributed by atoms with E-state index in [1.165, 1.54) is 5.56 Å². The number of carbonyl (C=O) groups is 2. The lowest BCUT2D eigenvalue weighted by molar-refractivity contribution is -0.131. The summed E-state index contributed by atoms with van der Waals surface area (Å²) in [5.41, 5.74) is 4.65. The number of hydrogen-bond acceptors (Lipinski definition) is 8. The van der Waals surface area contributed by atoms with Crippen molar-refractivity contribution in [3.05, 3.63) is 95.6 Å². The fourth-order valence-corrected chi connectivity index (χ4v) is 4.61. The summed E-state index contributed by atoms with van der Waals surface area (Å²) in [6.07, 6.45) is -0.868. The van der Waals surface area contributed by atoms with Crippen molar-refractivity contribution in [1.29, 1.82) is 0 Å². The molecule has 238 valence electrons. The van der Waals surface area contributed by atoms with Crippen molar-refractivity contribution in [2.75, 3.05) is 33.5 Å². The predicted molar refractivity (Wildman–Crippen MR) is 172 cm³/mol. The van der Waals surface area contributed by atoms with Crippen LogP contribution in [0.25, 0.3) is 11.1 Å². The molecule has 0 unspecified atom stereocenters. The van der Waals surface area contributed by atoms with Gasteiger partial charge in [0.15, 0.2) is 0 Å². The van der Waals surface area contributed by atoms with Gasteiger partial charge in [0.25, 0.3) is 0 Å². The summed E-state index contributed by atoms with van der Waals surface area (Å²) in [7, 11) is 1.90. The Kier molecular flexibility index (Phi) is 14.4. The number of hydrogen-bond donors (Lipinski definition) is 7. The molecule has 0 spiro atoms. The van der Waals surface area contributed by atoms with E-state index in [4.69, 9.17) is 9.84 Å². The van der Waals surface area contributed by atoms with E-state index in [9.17, 15) is 14.7 Å². The van der Waals surface area contributed by atoms with Gasteiger partial charge in [-0.05, 0) is 48.7 Å². The molecule has 2 atom stereocenters. The number of ether oxygens (including phenoxy) is 1. The Morgan fingerprint density at radius 1 is 0.909 bits per heavy atom. The Labute approximate surface area is 260 Å². The SMILES string of the molecule is CNCNCc1ccccc1-c1ccc(CNC(=O)[C@@H](COCc2ccccc2)NC(=O)CC(C)(C)NC[C@H](O)CO)cc1. The lowest BCUT2D eigenvalue weighted by Crippen LogP contribution is -2.52. The fourth-order valence-electron chi connectivity index (χ4n) is 4.61. The van der Waals surface area contributed by atoms with Crippen molar-refractivity contribution in [3.63, 3.8) is 0 Å². The highest BCUT2D eigenvalue weighted by Crippen LogP contribution is 2.24. The molecule has 0 saturated carbocycles. The zero-order valence-corrected chi connectivity index (χ0v) is 25.9. The molecule has 0 aliphatic heterocycles. The molecule has 0 bridgehead atoms. The van der Waals surface area contributed by atoms with Gasteiger partial charge >= 0.3 is 0 Å². The number of nitrogens with one attached hydrogen (secondary N) is 5. The minimum Gasteiger partial charge on any atom is -0.394 e. The molecule has 0 radical (unpaired) electrons. The summed E-state index contributed by atoms with van der Waals surface area (Å²) in [4.78, 5) is 26.2. The fraction of sp³-hybridized carbons (Fsp3) is 0.412. The van der Waals surface area contributed by atoms with Crippen LogP contribution in [0.1, 0.15) is 37.0 Å². The van der Waals surface area contributed by atoms with Crippen molar-refractivity contribution in [2.45, 2.75) is 57.6 Å². The molecule has 0 aromatic heterocycles. The normalized spacial score (nSPS) is 12.8. The second-order valence-corrected chi connectivity index (χ2v) is 11.4. The van der Waals surface area contributed by atoms with Gasteiger partial charge in [-0.15, -0.1) is 0 Å². The van der Waals surface area contributed by atoms with E-state index >= 15 is 0 Å². The first-order valence-electron chi connectivity index (χ1n) is 15.0. The van der Waals surface area contributed by atoms with Crippen LogP contribution in [0.3, 0.4) is 0 Å². The number of aliphatic hydroxyl groups is 2. The maximum atomic E-state index is 13.3. The van der Waals surface area contributed by atoms with Gasteiger partial charge in [-0.1, -0.05) is 78.9 Å². The smallest absolute Gasteiger partial charge is 0.245 e. The van der Waals surface area contributed by atoms with Gasteiger partial charge in [-0.2, -0.15) is 0 Å². The number of rotatable bonds is 19. The first-order chi connectivity index (χ1) is 21.2. The van der Waals surface area contributed by atoms with E-state index in [2.05, 4.69) is 38.7 Å². The molecule has 0 aliphatic rings. The second-order valence-electron chi connectivity index (χ2n) is 11.4. The van der Waals surface area contributed by atoms with Crippen LogP contribution in [-0.4, -0.2) is 73.2 Å². The minimum atomic E-state index is -0.925. The molecule has 10 nitrogen and oxygen atoms in total. The molecule has 0 saturated heterocycles. The van der Waals surface area contributed by atoms with Gasteiger partial charge in [-0.3, -0.25) is 9.59 Å². The molecule has 7 N–H and O–H groups in total. The summed E-state index contributed by atoms with van der Waals surface area (Å²) in [5.74, 6) is -0.686. The molecule has 0 aliphatic carbocycles. The summed E-state index contributed by atoms with van der Waals surface area (Å²) >= 11 is 0. The summed E-state index contributed by atoms with van der Waals surface area (Å²) < 4.78 is 5.83. The Morgan fingerprint density at radius 3 is 2.32 bits per heavy atom. The van der Waals surface area contributed by atoms with Gasteiger partial charge in [0.05, 0.1) is 25.9 Å². The van der Waals surface area contributed by atoms with Crippen LogP contribution < -0.4 is 26.6 Å². The third-order valence-corrected chi connectivity index (χ3v) is 7.04. The predicted octanol–water partition coefficient (Wildman–Crippen LogP) is 2.05. The maximum absolute atomic E-state index is 13.3. The van der Waals surface area contributed by atoms with Crippen LogP contribution in [0, 0.1) is 0 Å². The minimum absolute atomic E-state index is 0.000853. The lowest BCUT2D eigenvalue weighted by atomic mass is 9.98. The molecular weight excluding hydrogens is 558 g/mol. The number of benzene rings is 3. The van der Waals surface area contributed by atoms with Crippen LogP contribution in [-0.2, 0) is 34.0 Å². The van der Waals surface area contributed by atoms with Crippen molar-refractivity contribution < 1.29 is 24.5 Å². The quantitative estimate of drug-likeness (QED) is 0.0813. The van der Waals surface area contributed by atoms with Crippen molar-refractivity contribution in [3.8, 4) is 11.1 Å². The molecule has 2 amide bonds. The van der Waals surface area contributed by atoms with Crippen molar-refractivity contribution >= 4 is 11.8 Å². The summed E-state index contributed by atoms with van der Waals surface area (Å²) in [6, 6.07) is 25.0. The van der Waals surface area contributed by atoms with Crippen LogP contribution in [0.4, 0.5) is 0 Å². The standard InChI is InChI=1S/C34H47N5O5/c1-34(2,38-20-29(41)21-40)17-32(42)39-31(23-44-22-26-9-5-4-6-10-26)33(43)37-18-25-13-15-27(16-14-25)30-12-8-7-11-28(30)19-36-24-35-3/h4-16,29,31,35-36,38,40-41H,17-24H2,1-3H3,(H,37,43)(H,39,42)/t29-,31+/m0/s1. The number of amides is 2. The average molecular weight is 606 g/mol. The van der Waals surface area contributed by atoms with Crippen LogP contribution in [0.15, 0.2) is 78.9 Å². The molecule has 3 aromatic carbocycles. The van der Waals surface area contributed by atoms with Gasteiger partial charge < -0.3 is 41.5 Å². The largest absolute Gasteiger partial charge is 0.394 e. The highest BCUT2D eigenvalue weighted by molar-refractivity contribution is 5.88. The average Bonchev–Trinajstić information content (AvgIpc) is 3.03. The van der Waals surface area contributed by atoms with E-state index in [0.717, 1.165) is 35.5 Å². The van der Waals surface area contributed by atoms with Crippen LogP contribution in [0.2, 0.25) is 0 Å². The third kappa shape index (κ3) is 12.2. The molecule has 3 rings (SSSR count). The second kappa shape index (κ2) is 18.2. The highest BCUT2D eigenvalue weighted by Gasteiger charge is 2.26.